The fraction of sp³-hybridized carbons (Fsp3) is 0.667. The van der Waals surface area contributed by atoms with E-state index in [-0.39, 0.29) is 18.9 Å². The molecule has 1 aromatic rings. The van der Waals surface area contributed by atoms with Crippen LogP contribution in [0.5, 0.6) is 0 Å². The topological polar surface area (TPSA) is 107 Å². The Labute approximate surface area is 97.6 Å². The number of rotatable bonds is 5. The third kappa shape index (κ3) is 2.77. The van der Waals surface area contributed by atoms with Crippen molar-refractivity contribution in [1.29, 1.82) is 0 Å². The molecule has 17 heavy (non-hydrogen) atoms. The second kappa shape index (κ2) is 4.89. The standard InChI is InChI=1S/C9H14N4O4/c1-4-17-8(16)9(2,7(14)15)5-6-10-12-13(3)11-6/h4-5H2,1-3H3,(H,14,15). The highest BCUT2D eigenvalue weighted by Crippen LogP contribution is 2.23. The number of carbonyl (C=O) groups excluding carboxylic acids is 1. The van der Waals surface area contributed by atoms with E-state index in [0.717, 1.165) is 0 Å². The first kappa shape index (κ1) is 13.1. The highest BCUT2D eigenvalue weighted by atomic mass is 16.5. The van der Waals surface area contributed by atoms with Crippen molar-refractivity contribution >= 4 is 11.9 Å². The van der Waals surface area contributed by atoms with Crippen LogP contribution in [0.15, 0.2) is 0 Å². The lowest BCUT2D eigenvalue weighted by atomic mass is 9.86. The van der Waals surface area contributed by atoms with Gasteiger partial charge in [0, 0.05) is 6.42 Å². The van der Waals surface area contributed by atoms with E-state index in [1.165, 1.54) is 11.7 Å². The van der Waals surface area contributed by atoms with Crippen molar-refractivity contribution in [2.24, 2.45) is 12.5 Å². The molecule has 0 saturated carbocycles. The van der Waals surface area contributed by atoms with Crippen LogP contribution in [0.1, 0.15) is 19.7 Å². The van der Waals surface area contributed by atoms with Crippen LogP contribution in [0.25, 0.3) is 0 Å². The van der Waals surface area contributed by atoms with Crippen LogP contribution in [-0.2, 0) is 27.8 Å². The number of hydrogen-bond donors (Lipinski definition) is 1. The summed E-state index contributed by atoms with van der Waals surface area (Å²) in [5.74, 6) is -1.89. The molecule has 94 valence electrons. The van der Waals surface area contributed by atoms with Crippen molar-refractivity contribution in [3.63, 3.8) is 0 Å². The van der Waals surface area contributed by atoms with Gasteiger partial charge in [-0.3, -0.25) is 9.59 Å². The Morgan fingerprint density at radius 3 is 2.59 bits per heavy atom. The van der Waals surface area contributed by atoms with E-state index >= 15 is 0 Å². The minimum Gasteiger partial charge on any atom is -0.480 e. The molecule has 0 aromatic carbocycles. The summed E-state index contributed by atoms with van der Waals surface area (Å²) in [6.07, 6.45) is -0.158. The number of carbonyl (C=O) groups is 2. The molecule has 0 amide bonds. The van der Waals surface area contributed by atoms with Crippen molar-refractivity contribution in [3.05, 3.63) is 5.82 Å². The summed E-state index contributed by atoms with van der Waals surface area (Å²) in [5, 5.41) is 20.2. The number of nitrogens with zero attached hydrogens (tertiary/aromatic N) is 4. The predicted octanol–water partition coefficient (Wildman–Crippen LogP) is -0.593. The van der Waals surface area contributed by atoms with E-state index in [2.05, 4.69) is 15.4 Å². The second-order valence-electron chi connectivity index (χ2n) is 3.73. The van der Waals surface area contributed by atoms with Crippen LogP contribution in [0.4, 0.5) is 0 Å². The number of tetrazole rings is 1. The monoisotopic (exact) mass is 242 g/mol. The quantitative estimate of drug-likeness (QED) is 0.543. The van der Waals surface area contributed by atoms with Gasteiger partial charge < -0.3 is 9.84 Å². The third-order valence-electron chi connectivity index (χ3n) is 2.26. The van der Waals surface area contributed by atoms with Crippen LogP contribution in [0.2, 0.25) is 0 Å². The minimum atomic E-state index is -1.70. The fourth-order valence-electron chi connectivity index (χ4n) is 1.24. The zero-order valence-corrected chi connectivity index (χ0v) is 9.88. The Morgan fingerprint density at radius 1 is 1.53 bits per heavy atom. The molecule has 1 unspecified atom stereocenters. The van der Waals surface area contributed by atoms with E-state index in [9.17, 15) is 9.59 Å². The molecule has 0 saturated heterocycles. The lowest BCUT2D eigenvalue weighted by Gasteiger charge is -2.20. The maximum atomic E-state index is 11.6. The molecule has 0 aliphatic heterocycles. The number of carboxylic acids is 1. The summed E-state index contributed by atoms with van der Waals surface area (Å²) in [7, 11) is 1.55. The van der Waals surface area contributed by atoms with Gasteiger partial charge in [0.05, 0.1) is 13.7 Å². The molecule has 1 aromatic heterocycles. The van der Waals surface area contributed by atoms with E-state index in [1.807, 2.05) is 0 Å². The van der Waals surface area contributed by atoms with E-state index < -0.39 is 17.4 Å². The van der Waals surface area contributed by atoms with Crippen molar-refractivity contribution in [3.8, 4) is 0 Å². The zero-order valence-electron chi connectivity index (χ0n) is 9.88. The number of hydrogen-bond acceptors (Lipinski definition) is 6. The van der Waals surface area contributed by atoms with Crippen LogP contribution >= 0.6 is 0 Å². The Bertz CT molecular complexity index is 430. The highest BCUT2D eigenvalue weighted by Gasteiger charge is 2.44. The van der Waals surface area contributed by atoms with Gasteiger partial charge in [0.1, 0.15) is 0 Å². The van der Waals surface area contributed by atoms with Gasteiger partial charge in [-0.25, -0.2) is 0 Å². The maximum Gasteiger partial charge on any atom is 0.323 e. The molecule has 0 aliphatic rings. The van der Waals surface area contributed by atoms with Gasteiger partial charge in [-0.15, -0.1) is 10.2 Å². The molecule has 1 heterocycles. The molecular formula is C9H14N4O4. The van der Waals surface area contributed by atoms with E-state index in [1.54, 1.807) is 14.0 Å². The number of ether oxygens (including phenoxy) is 1. The first-order valence-corrected chi connectivity index (χ1v) is 5.03. The lowest BCUT2D eigenvalue weighted by molar-refractivity contribution is -0.167. The second-order valence-corrected chi connectivity index (χ2v) is 3.73. The van der Waals surface area contributed by atoms with Gasteiger partial charge in [0.25, 0.3) is 0 Å². The minimum absolute atomic E-state index is 0.121. The molecule has 0 aliphatic carbocycles. The van der Waals surface area contributed by atoms with Crippen LogP contribution in [-0.4, -0.2) is 43.9 Å². The number of aliphatic carboxylic acids is 1. The van der Waals surface area contributed by atoms with Crippen molar-refractivity contribution in [2.45, 2.75) is 20.3 Å². The third-order valence-corrected chi connectivity index (χ3v) is 2.26. The molecule has 1 atom stereocenters. The number of aryl methyl sites for hydroxylation is 1. The smallest absolute Gasteiger partial charge is 0.323 e. The summed E-state index contributed by atoms with van der Waals surface area (Å²) in [5.41, 5.74) is -1.70. The largest absolute Gasteiger partial charge is 0.480 e. The first-order valence-electron chi connectivity index (χ1n) is 5.03. The fourth-order valence-corrected chi connectivity index (χ4v) is 1.24. The van der Waals surface area contributed by atoms with Gasteiger partial charge in [-0.1, -0.05) is 0 Å². The first-order chi connectivity index (χ1) is 7.90. The molecule has 8 heteroatoms. The van der Waals surface area contributed by atoms with E-state index in [0.29, 0.717) is 0 Å². The van der Waals surface area contributed by atoms with Gasteiger partial charge in [-0.05, 0) is 19.1 Å². The molecule has 0 fully saturated rings. The summed E-state index contributed by atoms with van der Waals surface area (Å²) in [6, 6.07) is 0. The molecule has 8 nitrogen and oxygen atoms in total. The molecule has 0 spiro atoms. The summed E-state index contributed by atoms with van der Waals surface area (Å²) < 4.78 is 4.74. The van der Waals surface area contributed by atoms with Crippen LogP contribution in [0.3, 0.4) is 0 Å². The van der Waals surface area contributed by atoms with Gasteiger partial charge in [0.15, 0.2) is 11.2 Å². The zero-order chi connectivity index (χ0) is 13.1. The Balaban J connectivity index is 2.92. The average molecular weight is 242 g/mol. The maximum absolute atomic E-state index is 11.6. The number of esters is 1. The Hall–Kier alpha value is -1.99. The Morgan fingerprint density at radius 2 is 2.18 bits per heavy atom. The van der Waals surface area contributed by atoms with Crippen molar-refractivity contribution in [2.75, 3.05) is 6.61 Å². The van der Waals surface area contributed by atoms with Gasteiger partial charge >= 0.3 is 11.9 Å². The summed E-state index contributed by atoms with van der Waals surface area (Å²) >= 11 is 0. The molecular weight excluding hydrogens is 228 g/mol. The number of carboxylic acid groups (broad SMARTS) is 1. The molecule has 1 rings (SSSR count). The summed E-state index contributed by atoms with van der Waals surface area (Å²) in [6.45, 7) is 3.01. The highest BCUT2D eigenvalue weighted by molar-refractivity contribution is 5.98. The normalized spacial score (nSPS) is 14.1. The SMILES string of the molecule is CCOC(=O)C(C)(Cc1nnn(C)n1)C(=O)O. The molecule has 0 radical (unpaired) electrons. The van der Waals surface area contributed by atoms with Crippen molar-refractivity contribution < 1.29 is 19.4 Å². The van der Waals surface area contributed by atoms with Crippen molar-refractivity contribution in [1.82, 2.24) is 20.2 Å². The summed E-state index contributed by atoms with van der Waals surface area (Å²) in [4.78, 5) is 24.0. The molecule has 0 bridgehead atoms. The van der Waals surface area contributed by atoms with E-state index in [4.69, 9.17) is 9.84 Å². The number of aromatic nitrogens is 4. The van der Waals surface area contributed by atoms with Crippen LogP contribution in [0, 0.1) is 5.41 Å². The lowest BCUT2D eigenvalue weighted by Crippen LogP contribution is -2.40. The average Bonchev–Trinajstić information content (AvgIpc) is 2.63. The van der Waals surface area contributed by atoms with Crippen LogP contribution < -0.4 is 0 Å². The van der Waals surface area contributed by atoms with Gasteiger partial charge in [0.2, 0.25) is 0 Å². The Kier molecular flexibility index (Phi) is 3.77. The van der Waals surface area contributed by atoms with Gasteiger partial charge in [-0.2, -0.15) is 4.80 Å². The predicted molar refractivity (Wildman–Crippen MR) is 54.9 cm³/mol. The molecule has 1 N–H and O–H groups in total.